The molecule has 7 heteroatoms. The van der Waals surface area contributed by atoms with Crippen molar-refractivity contribution < 1.29 is 19.4 Å². The van der Waals surface area contributed by atoms with Crippen LogP contribution in [0.4, 0.5) is 5.69 Å². The summed E-state index contributed by atoms with van der Waals surface area (Å²) in [5.41, 5.74) is 0.400. The summed E-state index contributed by atoms with van der Waals surface area (Å²) in [7, 11) is 1.52. The van der Waals surface area contributed by atoms with Gasteiger partial charge in [-0.05, 0) is 12.1 Å². The highest BCUT2D eigenvalue weighted by molar-refractivity contribution is 5.98. The quantitative estimate of drug-likeness (QED) is 0.521. The number of methoxy groups -OCH3 is 1. The first-order valence-corrected chi connectivity index (χ1v) is 5.57. The lowest BCUT2D eigenvalue weighted by Crippen LogP contribution is -2.30. The fourth-order valence-electron chi connectivity index (χ4n) is 1.27. The summed E-state index contributed by atoms with van der Waals surface area (Å²) >= 11 is 0. The number of nitrogens with one attached hydrogen (secondary N) is 2. The largest absolute Gasteiger partial charge is 0.497 e. The van der Waals surface area contributed by atoms with Crippen LogP contribution in [-0.2, 0) is 9.59 Å². The molecule has 1 aromatic rings. The molecule has 7 nitrogen and oxygen atoms in total. The summed E-state index contributed by atoms with van der Waals surface area (Å²) in [6.45, 7) is -0.545. The molecular formula is C13H13N3O4. The molecule has 0 unspecified atom stereocenters. The van der Waals surface area contributed by atoms with Gasteiger partial charge < -0.3 is 20.5 Å². The van der Waals surface area contributed by atoms with Gasteiger partial charge in [-0.2, -0.15) is 5.26 Å². The Kier molecular flexibility index (Phi) is 5.59. The Balaban J connectivity index is 2.72. The van der Waals surface area contributed by atoms with Crippen molar-refractivity contribution in [2.45, 2.75) is 0 Å². The van der Waals surface area contributed by atoms with Crippen LogP contribution in [0.3, 0.4) is 0 Å². The van der Waals surface area contributed by atoms with Gasteiger partial charge in [0.2, 0.25) is 0 Å². The molecule has 0 spiro atoms. The molecule has 0 saturated heterocycles. The van der Waals surface area contributed by atoms with Gasteiger partial charge in [-0.15, -0.1) is 0 Å². The number of anilines is 1. The lowest BCUT2D eigenvalue weighted by atomic mass is 10.2. The van der Waals surface area contributed by atoms with Crippen molar-refractivity contribution in [2.75, 3.05) is 19.0 Å². The van der Waals surface area contributed by atoms with E-state index in [1.165, 1.54) is 13.3 Å². The maximum Gasteiger partial charge on any atom is 0.322 e. The topological polar surface area (TPSA) is 111 Å². The van der Waals surface area contributed by atoms with E-state index in [-0.39, 0.29) is 5.57 Å². The van der Waals surface area contributed by atoms with Crippen LogP contribution in [0.15, 0.2) is 36.0 Å². The Bertz CT molecular complexity index is 575. The number of carbonyl (C=O) groups is 2. The number of rotatable bonds is 6. The third kappa shape index (κ3) is 4.70. The number of carboxylic acid groups (broad SMARTS) is 1. The molecule has 0 aliphatic carbocycles. The number of carboxylic acids is 1. The van der Waals surface area contributed by atoms with Crippen LogP contribution in [0.1, 0.15) is 0 Å². The van der Waals surface area contributed by atoms with Crippen molar-refractivity contribution in [2.24, 2.45) is 0 Å². The van der Waals surface area contributed by atoms with Gasteiger partial charge in [-0.1, -0.05) is 6.07 Å². The first-order valence-electron chi connectivity index (χ1n) is 5.57. The van der Waals surface area contributed by atoms with E-state index in [0.29, 0.717) is 11.4 Å². The number of amides is 1. The van der Waals surface area contributed by atoms with Crippen LogP contribution in [-0.4, -0.2) is 30.6 Å². The molecule has 1 rings (SSSR count). The average Bonchev–Trinajstić information content (AvgIpc) is 2.46. The molecule has 1 amide bonds. The second-order valence-electron chi connectivity index (χ2n) is 3.62. The second kappa shape index (κ2) is 7.43. The van der Waals surface area contributed by atoms with Crippen molar-refractivity contribution >= 4 is 17.6 Å². The predicted octanol–water partition coefficient (Wildman–Crippen LogP) is 0.715. The van der Waals surface area contributed by atoms with Gasteiger partial charge >= 0.3 is 5.97 Å². The van der Waals surface area contributed by atoms with Crippen LogP contribution < -0.4 is 15.4 Å². The molecule has 0 aliphatic rings. The predicted molar refractivity (Wildman–Crippen MR) is 71.0 cm³/mol. The molecule has 0 atom stereocenters. The second-order valence-corrected chi connectivity index (χ2v) is 3.62. The molecule has 0 heterocycles. The number of hydrogen-bond acceptors (Lipinski definition) is 5. The van der Waals surface area contributed by atoms with Gasteiger partial charge in [0.15, 0.2) is 0 Å². The fraction of sp³-hybridized carbons (Fsp3) is 0.154. The average molecular weight is 275 g/mol. The van der Waals surface area contributed by atoms with Crippen LogP contribution >= 0.6 is 0 Å². The van der Waals surface area contributed by atoms with E-state index < -0.39 is 18.4 Å². The molecule has 3 N–H and O–H groups in total. The molecule has 0 saturated carbocycles. The van der Waals surface area contributed by atoms with Crippen molar-refractivity contribution in [3.8, 4) is 11.8 Å². The minimum absolute atomic E-state index is 0.228. The monoisotopic (exact) mass is 275 g/mol. The van der Waals surface area contributed by atoms with Crippen LogP contribution in [0.25, 0.3) is 0 Å². The molecule has 104 valence electrons. The van der Waals surface area contributed by atoms with Crippen molar-refractivity contribution in [3.05, 3.63) is 36.0 Å². The Morgan fingerprint density at radius 1 is 1.50 bits per heavy atom. The first kappa shape index (κ1) is 15.0. The minimum Gasteiger partial charge on any atom is -0.497 e. The summed E-state index contributed by atoms with van der Waals surface area (Å²) in [5, 5.41) is 22.1. The summed E-state index contributed by atoms with van der Waals surface area (Å²) in [5.74, 6) is -1.32. The number of benzene rings is 1. The van der Waals surface area contributed by atoms with Crippen LogP contribution in [0.2, 0.25) is 0 Å². The first-order chi connectivity index (χ1) is 9.56. The highest BCUT2D eigenvalue weighted by Gasteiger charge is 2.09. The van der Waals surface area contributed by atoms with Gasteiger partial charge in [0.25, 0.3) is 5.91 Å². The number of nitrogens with zero attached hydrogens (tertiary/aromatic N) is 1. The lowest BCUT2D eigenvalue weighted by molar-refractivity contribution is -0.137. The number of hydrogen-bond donors (Lipinski definition) is 3. The Labute approximate surface area is 115 Å². The zero-order valence-electron chi connectivity index (χ0n) is 10.7. The third-order valence-electron chi connectivity index (χ3n) is 2.22. The zero-order chi connectivity index (χ0) is 15.0. The molecule has 1 aromatic carbocycles. The Morgan fingerprint density at radius 2 is 2.25 bits per heavy atom. The Hall–Kier alpha value is -3.01. The Morgan fingerprint density at radius 3 is 2.85 bits per heavy atom. The van der Waals surface area contributed by atoms with E-state index in [4.69, 9.17) is 15.1 Å². The van der Waals surface area contributed by atoms with Crippen molar-refractivity contribution in [3.63, 3.8) is 0 Å². The highest BCUT2D eigenvalue weighted by atomic mass is 16.5. The molecule has 0 radical (unpaired) electrons. The van der Waals surface area contributed by atoms with E-state index in [1.807, 2.05) is 0 Å². The maximum absolute atomic E-state index is 11.5. The molecule has 20 heavy (non-hydrogen) atoms. The molecule has 0 bridgehead atoms. The van der Waals surface area contributed by atoms with Crippen molar-refractivity contribution in [1.29, 1.82) is 5.26 Å². The summed E-state index contributed by atoms with van der Waals surface area (Å²) < 4.78 is 5.03. The number of aliphatic carboxylic acids is 1. The van der Waals surface area contributed by atoms with E-state index >= 15 is 0 Å². The van der Waals surface area contributed by atoms with Gasteiger partial charge in [0, 0.05) is 18.0 Å². The van der Waals surface area contributed by atoms with E-state index in [0.717, 1.165) is 0 Å². The van der Waals surface area contributed by atoms with E-state index in [2.05, 4.69) is 10.6 Å². The van der Waals surface area contributed by atoms with Crippen LogP contribution in [0.5, 0.6) is 5.75 Å². The molecule has 0 aromatic heterocycles. The van der Waals surface area contributed by atoms with Gasteiger partial charge in [-0.3, -0.25) is 9.59 Å². The molecule has 0 fully saturated rings. The van der Waals surface area contributed by atoms with Crippen LogP contribution in [0, 0.1) is 11.3 Å². The van der Waals surface area contributed by atoms with E-state index in [9.17, 15) is 9.59 Å². The molecular weight excluding hydrogens is 262 g/mol. The summed E-state index contributed by atoms with van der Waals surface area (Å²) in [6.07, 6.45) is 1.20. The maximum atomic E-state index is 11.5. The van der Waals surface area contributed by atoms with Gasteiger partial charge in [0.05, 0.1) is 7.11 Å². The standard InChI is InChI=1S/C13H13N3O4/c1-20-11-4-2-3-10(5-11)15-7-9(6-14)13(19)16-8-12(17)18/h2-5,7,15H,8H2,1H3,(H,16,19)(H,17,18)/b9-7-. The van der Waals surface area contributed by atoms with Crippen molar-refractivity contribution in [1.82, 2.24) is 5.32 Å². The zero-order valence-corrected chi connectivity index (χ0v) is 10.7. The van der Waals surface area contributed by atoms with E-state index in [1.54, 1.807) is 30.3 Å². The van der Waals surface area contributed by atoms with Gasteiger partial charge in [-0.25, -0.2) is 0 Å². The number of nitriles is 1. The lowest BCUT2D eigenvalue weighted by Gasteiger charge is -2.05. The number of carbonyl (C=O) groups excluding carboxylic acids is 1. The minimum atomic E-state index is -1.18. The highest BCUT2D eigenvalue weighted by Crippen LogP contribution is 2.16. The normalized spacial score (nSPS) is 10.3. The number of ether oxygens (including phenoxy) is 1. The fourth-order valence-corrected chi connectivity index (χ4v) is 1.27. The van der Waals surface area contributed by atoms with Gasteiger partial charge in [0.1, 0.15) is 23.9 Å². The smallest absolute Gasteiger partial charge is 0.322 e. The summed E-state index contributed by atoms with van der Waals surface area (Å²) in [4.78, 5) is 21.8. The SMILES string of the molecule is COc1cccc(N/C=C(/C#N)C(=O)NCC(=O)O)c1. The molecule has 0 aliphatic heterocycles. The summed E-state index contributed by atoms with van der Waals surface area (Å²) in [6, 6.07) is 8.58. The third-order valence-corrected chi connectivity index (χ3v) is 2.22.